The number of nitrogens with two attached hydrogens (primary N) is 1. The van der Waals surface area contributed by atoms with Gasteiger partial charge in [0.1, 0.15) is 5.82 Å². The Morgan fingerprint density at radius 2 is 2.16 bits per heavy atom. The molecule has 3 N–H and O–H groups in total. The van der Waals surface area contributed by atoms with E-state index in [-0.39, 0.29) is 6.54 Å². The molecule has 0 radical (unpaired) electrons. The van der Waals surface area contributed by atoms with Crippen molar-refractivity contribution < 1.29 is 19.1 Å². The Kier molecular flexibility index (Phi) is 5.05. The van der Waals surface area contributed by atoms with E-state index >= 15 is 0 Å². The van der Waals surface area contributed by atoms with Gasteiger partial charge >= 0.3 is 5.97 Å². The summed E-state index contributed by atoms with van der Waals surface area (Å²) < 4.78 is 13.2. The number of rotatable bonds is 6. The van der Waals surface area contributed by atoms with E-state index in [2.05, 4.69) is 0 Å². The molecule has 0 bridgehead atoms. The van der Waals surface area contributed by atoms with E-state index in [4.69, 9.17) is 10.8 Å². The lowest BCUT2D eigenvalue weighted by Crippen LogP contribution is -2.34. The van der Waals surface area contributed by atoms with Gasteiger partial charge in [0.25, 0.3) is 0 Å². The molecule has 1 aromatic rings. The monoisotopic (exact) mass is 266 g/mol. The van der Waals surface area contributed by atoms with E-state index in [0.29, 0.717) is 17.8 Å². The smallest absolute Gasteiger partial charge is 0.328 e. The van der Waals surface area contributed by atoms with Crippen molar-refractivity contribution in [2.45, 2.75) is 6.92 Å². The van der Waals surface area contributed by atoms with Crippen LogP contribution in [0.2, 0.25) is 0 Å². The zero-order valence-corrected chi connectivity index (χ0v) is 10.5. The Morgan fingerprint density at radius 1 is 1.47 bits per heavy atom. The van der Waals surface area contributed by atoms with E-state index < -0.39 is 17.7 Å². The van der Waals surface area contributed by atoms with Gasteiger partial charge in [-0.1, -0.05) is 0 Å². The first-order chi connectivity index (χ1) is 8.93. The Bertz CT molecular complexity index is 515. The number of carbonyl (C=O) groups is 2. The van der Waals surface area contributed by atoms with Gasteiger partial charge in [-0.2, -0.15) is 0 Å². The normalized spacial score (nSPS) is 10.6. The fourth-order valence-electron chi connectivity index (χ4n) is 1.66. The molecule has 102 valence electrons. The topological polar surface area (TPSA) is 83.6 Å². The van der Waals surface area contributed by atoms with Crippen molar-refractivity contribution in [2.24, 2.45) is 5.73 Å². The van der Waals surface area contributed by atoms with Crippen molar-refractivity contribution in [3.05, 3.63) is 35.7 Å². The van der Waals surface area contributed by atoms with Gasteiger partial charge in [0.05, 0.1) is 6.54 Å². The summed E-state index contributed by atoms with van der Waals surface area (Å²) in [7, 11) is 0. The molecule has 0 saturated carbocycles. The van der Waals surface area contributed by atoms with Crippen molar-refractivity contribution in [1.29, 1.82) is 0 Å². The molecule has 0 heterocycles. The van der Waals surface area contributed by atoms with Crippen molar-refractivity contribution in [2.75, 3.05) is 18.0 Å². The Labute approximate surface area is 110 Å². The molecule has 0 aromatic heterocycles. The van der Waals surface area contributed by atoms with Gasteiger partial charge in [0.15, 0.2) is 0 Å². The molecule has 0 aliphatic heterocycles. The molecule has 0 aliphatic rings. The lowest BCUT2D eigenvalue weighted by molar-refractivity contribution is -0.131. The number of hydrogen-bond donors (Lipinski definition) is 2. The Hall–Kier alpha value is -2.37. The molecule has 5 nitrogen and oxygen atoms in total. The quantitative estimate of drug-likeness (QED) is 0.759. The second kappa shape index (κ2) is 6.53. The molecule has 1 amide bonds. The Morgan fingerprint density at radius 3 is 2.68 bits per heavy atom. The van der Waals surface area contributed by atoms with Gasteiger partial charge in [-0.05, 0) is 31.2 Å². The summed E-state index contributed by atoms with van der Waals surface area (Å²) in [6.45, 7) is 2.29. The predicted molar refractivity (Wildman–Crippen MR) is 70.2 cm³/mol. The molecule has 19 heavy (non-hydrogen) atoms. The van der Waals surface area contributed by atoms with Crippen molar-refractivity contribution in [3.8, 4) is 0 Å². The lowest BCUT2D eigenvalue weighted by atomic mass is 10.1. The van der Waals surface area contributed by atoms with Crippen LogP contribution in [0.1, 0.15) is 12.5 Å². The molecule has 0 saturated heterocycles. The standard InChI is InChI=1S/C13H15FN2O3/c1-2-16(8-12(15)17)11-5-4-10(14)7-9(11)3-6-13(18)19/h3-7H,2,8H2,1H3,(H2,15,17)(H,18,19)/b6-3+. The zero-order valence-electron chi connectivity index (χ0n) is 10.5. The third-order valence-corrected chi connectivity index (χ3v) is 2.46. The second-order valence-corrected chi connectivity index (χ2v) is 3.86. The first kappa shape index (κ1) is 14.7. The predicted octanol–water partition coefficient (Wildman–Crippen LogP) is 1.24. The average Bonchev–Trinajstić information content (AvgIpc) is 2.33. The summed E-state index contributed by atoms with van der Waals surface area (Å²) in [6, 6.07) is 3.94. The lowest BCUT2D eigenvalue weighted by Gasteiger charge is -2.23. The van der Waals surface area contributed by atoms with Crippen molar-refractivity contribution in [1.82, 2.24) is 0 Å². The Balaban J connectivity index is 3.17. The van der Waals surface area contributed by atoms with Crippen LogP contribution in [0.3, 0.4) is 0 Å². The summed E-state index contributed by atoms with van der Waals surface area (Å²) >= 11 is 0. The third-order valence-electron chi connectivity index (χ3n) is 2.46. The maximum Gasteiger partial charge on any atom is 0.328 e. The number of anilines is 1. The number of amides is 1. The van der Waals surface area contributed by atoms with Crippen molar-refractivity contribution >= 4 is 23.6 Å². The minimum atomic E-state index is -1.13. The molecule has 0 fully saturated rings. The van der Waals surface area contributed by atoms with Gasteiger partial charge in [-0.3, -0.25) is 4.79 Å². The van der Waals surface area contributed by atoms with Crippen LogP contribution < -0.4 is 10.6 Å². The van der Waals surface area contributed by atoms with Gasteiger partial charge < -0.3 is 15.7 Å². The first-order valence-corrected chi connectivity index (χ1v) is 5.67. The van der Waals surface area contributed by atoms with E-state index in [0.717, 1.165) is 6.08 Å². The largest absolute Gasteiger partial charge is 0.478 e. The fraction of sp³-hybridized carbons (Fsp3) is 0.231. The van der Waals surface area contributed by atoms with Gasteiger partial charge in [0.2, 0.25) is 5.91 Å². The fourth-order valence-corrected chi connectivity index (χ4v) is 1.66. The first-order valence-electron chi connectivity index (χ1n) is 5.67. The van der Waals surface area contributed by atoms with Crippen LogP contribution in [0.5, 0.6) is 0 Å². The summed E-state index contributed by atoms with van der Waals surface area (Å²) in [6.07, 6.45) is 2.20. The van der Waals surface area contributed by atoms with E-state index in [1.54, 1.807) is 4.90 Å². The zero-order chi connectivity index (χ0) is 14.4. The SMILES string of the molecule is CCN(CC(N)=O)c1ccc(F)cc1/C=C/C(=O)O. The van der Waals surface area contributed by atoms with E-state index in [1.165, 1.54) is 24.3 Å². The number of benzene rings is 1. The number of likely N-dealkylation sites (N-methyl/N-ethyl adjacent to an activating group) is 1. The minimum absolute atomic E-state index is 0.0178. The highest BCUT2D eigenvalue weighted by atomic mass is 19.1. The third kappa shape index (κ3) is 4.42. The summed E-state index contributed by atoms with van der Waals surface area (Å²) in [5.41, 5.74) is 6.08. The molecular formula is C13H15FN2O3. The molecule has 0 unspecified atom stereocenters. The highest BCUT2D eigenvalue weighted by Gasteiger charge is 2.11. The molecule has 1 rings (SSSR count). The second-order valence-electron chi connectivity index (χ2n) is 3.86. The maximum atomic E-state index is 13.2. The van der Waals surface area contributed by atoms with Crippen LogP contribution >= 0.6 is 0 Å². The number of halogens is 1. The van der Waals surface area contributed by atoms with Crippen LogP contribution in [0.4, 0.5) is 10.1 Å². The van der Waals surface area contributed by atoms with Crippen LogP contribution in [0, 0.1) is 5.82 Å². The number of carboxylic acids is 1. The molecule has 1 aromatic carbocycles. The number of aliphatic carboxylic acids is 1. The number of hydrogen-bond acceptors (Lipinski definition) is 3. The van der Waals surface area contributed by atoms with E-state index in [9.17, 15) is 14.0 Å². The summed E-state index contributed by atoms with van der Waals surface area (Å²) in [5.74, 6) is -2.13. The number of carbonyl (C=O) groups excluding carboxylic acids is 1. The van der Waals surface area contributed by atoms with Gasteiger partial charge in [0, 0.05) is 23.9 Å². The number of carboxylic acid groups (broad SMARTS) is 1. The maximum absolute atomic E-state index is 13.2. The van der Waals surface area contributed by atoms with Crippen LogP contribution in [-0.2, 0) is 9.59 Å². The molecule has 0 spiro atoms. The molecule has 0 atom stereocenters. The van der Waals surface area contributed by atoms with E-state index in [1.807, 2.05) is 6.92 Å². The van der Waals surface area contributed by atoms with Gasteiger partial charge in [-0.25, -0.2) is 9.18 Å². The highest BCUT2D eigenvalue weighted by Crippen LogP contribution is 2.23. The van der Waals surface area contributed by atoms with Crippen molar-refractivity contribution in [3.63, 3.8) is 0 Å². The summed E-state index contributed by atoms with van der Waals surface area (Å²) in [4.78, 5) is 23.1. The van der Waals surface area contributed by atoms with Gasteiger partial charge in [-0.15, -0.1) is 0 Å². The van der Waals surface area contributed by atoms with Crippen LogP contribution in [0.25, 0.3) is 6.08 Å². The van der Waals surface area contributed by atoms with Crippen LogP contribution in [0.15, 0.2) is 24.3 Å². The highest BCUT2D eigenvalue weighted by molar-refractivity contribution is 5.87. The molecule has 0 aliphatic carbocycles. The number of primary amides is 1. The molecule has 6 heteroatoms. The summed E-state index contributed by atoms with van der Waals surface area (Å²) in [5, 5.41) is 8.61. The molecular weight excluding hydrogens is 251 g/mol. The van der Waals surface area contributed by atoms with Crippen LogP contribution in [-0.4, -0.2) is 30.1 Å². The minimum Gasteiger partial charge on any atom is -0.478 e. The number of nitrogens with zero attached hydrogens (tertiary/aromatic N) is 1. The average molecular weight is 266 g/mol.